The van der Waals surface area contributed by atoms with Crippen LogP contribution in [0.4, 0.5) is 34.1 Å². The Morgan fingerprint density at radius 2 is 0.590 bits per heavy atom. The first kappa shape index (κ1) is 46.0. The molecule has 0 aliphatic rings. The maximum atomic E-state index is 2.63. The summed E-state index contributed by atoms with van der Waals surface area (Å²) in [4.78, 5) is 4.94. The molecule has 0 amide bonds. The topological polar surface area (TPSA) is 15.3 Å². The van der Waals surface area contributed by atoms with Crippen LogP contribution in [0.25, 0.3) is 98.4 Å². The molecule has 374 valence electrons. The molecular formula is C74H58N4. The monoisotopic (exact) mass is 1000 g/mol. The smallest absolute Gasteiger partial charge is 0.0642 e. The van der Waals surface area contributed by atoms with E-state index in [2.05, 4.69) is 303 Å². The van der Waals surface area contributed by atoms with Gasteiger partial charge in [0, 0.05) is 77.0 Å². The van der Waals surface area contributed by atoms with E-state index in [0.29, 0.717) is 0 Å². The highest BCUT2D eigenvalue weighted by Crippen LogP contribution is 2.57. The van der Waals surface area contributed by atoms with Crippen molar-refractivity contribution in [3.63, 3.8) is 0 Å². The van der Waals surface area contributed by atoms with Crippen molar-refractivity contribution in [2.75, 3.05) is 9.80 Å². The zero-order valence-corrected chi connectivity index (χ0v) is 44.9. The Bertz CT molecular complexity index is 4440. The van der Waals surface area contributed by atoms with E-state index >= 15 is 0 Å². The maximum Gasteiger partial charge on any atom is 0.0642 e. The number of rotatable bonds is 8. The summed E-state index contributed by atoms with van der Waals surface area (Å²) in [5.41, 5.74) is 21.5. The van der Waals surface area contributed by atoms with Gasteiger partial charge in [-0.05, 0) is 106 Å². The number of nitrogens with zero attached hydrogens (tertiary/aromatic N) is 4. The second kappa shape index (κ2) is 17.1. The molecule has 0 N–H and O–H groups in total. The fraction of sp³-hybridized carbons (Fsp3) is 0.108. The normalized spacial score (nSPS) is 12.5. The molecule has 15 rings (SSSR count). The standard InChI is InChI=1S/C74H58N4/c1-73(2,3)49-35-39-53(40-36-49)75(51-27-15-9-16-28-51)61-45-43-57-67-63(47-23-11-7-12-24-47)72-68(64(48-25-13-8-14-26-48)71(67)77-59-33-21-19-31-55(59)65(61)69(57)77)58-44-46-62(66-56-32-20-22-34-60(56)78(72)70(58)66)76(52-29-17-10-18-30-52)54-41-37-50(38-42-54)74(4,5)6/h7-46H,1-6H3. The van der Waals surface area contributed by atoms with Gasteiger partial charge in [-0.2, -0.15) is 0 Å². The number of hydrogen-bond donors (Lipinski definition) is 0. The Labute approximate surface area is 454 Å². The van der Waals surface area contributed by atoms with Crippen LogP contribution in [0.15, 0.2) is 243 Å². The molecule has 4 heterocycles. The van der Waals surface area contributed by atoms with Crippen LogP contribution in [-0.4, -0.2) is 8.80 Å². The second-order valence-corrected chi connectivity index (χ2v) is 23.3. The lowest BCUT2D eigenvalue weighted by atomic mass is 9.87. The van der Waals surface area contributed by atoms with Gasteiger partial charge in [-0.1, -0.05) is 211 Å². The van der Waals surface area contributed by atoms with E-state index in [1.807, 2.05) is 0 Å². The van der Waals surface area contributed by atoms with Gasteiger partial charge >= 0.3 is 0 Å². The highest BCUT2D eigenvalue weighted by Gasteiger charge is 2.33. The van der Waals surface area contributed by atoms with Crippen molar-refractivity contribution in [3.05, 3.63) is 254 Å². The summed E-state index contributed by atoms with van der Waals surface area (Å²) in [6, 6.07) is 90.5. The minimum Gasteiger partial charge on any atom is -0.310 e. The summed E-state index contributed by atoms with van der Waals surface area (Å²) in [6.07, 6.45) is 0. The first-order valence-corrected chi connectivity index (χ1v) is 27.4. The van der Waals surface area contributed by atoms with E-state index in [9.17, 15) is 0 Å². The van der Waals surface area contributed by atoms with Crippen LogP contribution in [0.5, 0.6) is 0 Å². The Morgan fingerprint density at radius 3 is 0.949 bits per heavy atom. The molecule has 0 aliphatic carbocycles. The molecule has 4 heteroatoms. The van der Waals surface area contributed by atoms with E-state index in [1.54, 1.807) is 0 Å². The first-order chi connectivity index (χ1) is 38.0. The molecule has 0 radical (unpaired) electrons. The van der Waals surface area contributed by atoms with Crippen molar-refractivity contribution in [1.29, 1.82) is 0 Å². The maximum absolute atomic E-state index is 2.63. The summed E-state index contributed by atoms with van der Waals surface area (Å²) in [6.45, 7) is 13.7. The lowest BCUT2D eigenvalue weighted by Crippen LogP contribution is -2.13. The Kier molecular flexibility index (Phi) is 10.1. The van der Waals surface area contributed by atoms with Crippen molar-refractivity contribution in [3.8, 4) is 22.3 Å². The third kappa shape index (κ3) is 6.72. The molecule has 4 nitrogen and oxygen atoms in total. The van der Waals surface area contributed by atoms with Gasteiger partial charge in [-0.25, -0.2) is 0 Å². The average Bonchev–Trinajstić information content (AvgIpc) is 3.44. The summed E-state index contributed by atoms with van der Waals surface area (Å²) >= 11 is 0. The molecule has 4 aromatic heterocycles. The summed E-state index contributed by atoms with van der Waals surface area (Å²) in [5, 5.41) is 9.88. The predicted molar refractivity (Wildman–Crippen MR) is 333 cm³/mol. The highest BCUT2D eigenvalue weighted by atomic mass is 15.2. The number of fused-ring (bicyclic) bond motifs is 12. The van der Waals surface area contributed by atoms with E-state index < -0.39 is 0 Å². The lowest BCUT2D eigenvalue weighted by molar-refractivity contribution is 0.590. The van der Waals surface area contributed by atoms with Gasteiger partial charge in [-0.3, -0.25) is 0 Å². The number of hydrogen-bond acceptors (Lipinski definition) is 2. The van der Waals surface area contributed by atoms with Crippen molar-refractivity contribution in [2.45, 2.75) is 52.4 Å². The summed E-state index contributed by atoms with van der Waals surface area (Å²) < 4.78 is 5.27. The zero-order chi connectivity index (χ0) is 52.6. The summed E-state index contributed by atoms with van der Waals surface area (Å²) in [5.74, 6) is 0. The molecule has 0 fully saturated rings. The summed E-state index contributed by atoms with van der Waals surface area (Å²) in [7, 11) is 0. The second-order valence-electron chi connectivity index (χ2n) is 23.3. The van der Waals surface area contributed by atoms with E-state index in [4.69, 9.17) is 0 Å². The Morgan fingerprint density at radius 1 is 0.269 bits per heavy atom. The van der Waals surface area contributed by atoms with Crippen molar-refractivity contribution in [1.82, 2.24) is 8.80 Å². The largest absolute Gasteiger partial charge is 0.310 e. The average molecular weight is 1000 g/mol. The number of benzene rings is 11. The number of anilines is 6. The molecule has 0 saturated carbocycles. The molecular weight excluding hydrogens is 945 g/mol. The first-order valence-electron chi connectivity index (χ1n) is 27.4. The van der Waals surface area contributed by atoms with Gasteiger partial charge < -0.3 is 18.6 Å². The Hall–Kier alpha value is -9.38. The van der Waals surface area contributed by atoms with Crippen molar-refractivity contribution >= 4 is 110 Å². The van der Waals surface area contributed by atoms with Crippen molar-refractivity contribution in [2.24, 2.45) is 0 Å². The van der Waals surface area contributed by atoms with Crippen LogP contribution in [0.1, 0.15) is 52.7 Å². The van der Waals surface area contributed by atoms with Crippen LogP contribution in [0.2, 0.25) is 0 Å². The SMILES string of the molecule is CC(C)(C)c1ccc(N(c2ccccc2)c2ccc3c4c(-c5ccccc5)c5c(c(-c6ccccc6)c4n4c6ccccc6c2c34)c2ccc(N(c3ccccc3)c3ccc(C(C)(C)C)cc3)c3c4ccccc4n5c23)cc1. The minimum absolute atomic E-state index is 0.0269. The number of aromatic nitrogens is 2. The predicted octanol–water partition coefficient (Wildman–Crippen LogP) is 20.9. The van der Waals surface area contributed by atoms with Crippen LogP contribution in [-0.2, 0) is 10.8 Å². The highest BCUT2D eigenvalue weighted by molar-refractivity contribution is 6.39. The fourth-order valence-corrected chi connectivity index (χ4v) is 13.1. The van der Waals surface area contributed by atoms with Gasteiger partial charge in [0.15, 0.2) is 0 Å². The molecule has 0 spiro atoms. The van der Waals surface area contributed by atoms with Crippen LogP contribution >= 0.6 is 0 Å². The minimum atomic E-state index is 0.0269. The third-order valence-corrected chi connectivity index (χ3v) is 16.6. The molecule has 0 unspecified atom stereocenters. The zero-order valence-electron chi connectivity index (χ0n) is 44.9. The van der Waals surface area contributed by atoms with Crippen LogP contribution < -0.4 is 9.80 Å². The van der Waals surface area contributed by atoms with E-state index in [1.165, 1.54) is 110 Å². The van der Waals surface area contributed by atoms with Crippen molar-refractivity contribution < 1.29 is 0 Å². The van der Waals surface area contributed by atoms with E-state index in [0.717, 1.165) is 34.1 Å². The number of para-hydroxylation sites is 4. The quantitative estimate of drug-likeness (QED) is 0.151. The molecule has 0 bridgehead atoms. The molecule has 0 aliphatic heterocycles. The third-order valence-electron chi connectivity index (χ3n) is 16.6. The molecule has 11 aromatic carbocycles. The van der Waals surface area contributed by atoms with E-state index in [-0.39, 0.29) is 10.8 Å². The van der Waals surface area contributed by atoms with Gasteiger partial charge in [0.1, 0.15) is 0 Å². The van der Waals surface area contributed by atoms with Gasteiger partial charge in [-0.15, -0.1) is 0 Å². The molecule has 0 atom stereocenters. The van der Waals surface area contributed by atoms with Gasteiger partial charge in [0.05, 0.1) is 44.5 Å². The molecule has 0 saturated heterocycles. The van der Waals surface area contributed by atoms with Gasteiger partial charge in [0.25, 0.3) is 0 Å². The Balaban J connectivity index is 1.13. The van der Waals surface area contributed by atoms with Crippen LogP contribution in [0, 0.1) is 0 Å². The lowest BCUT2D eigenvalue weighted by Gasteiger charge is -2.28. The van der Waals surface area contributed by atoms with Gasteiger partial charge in [0.2, 0.25) is 0 Å². The molecule has 15 aromatic rings. The van der Waals surface area contributed by atoms with Crippen LogP contribution in [0.3, 0.4) is 0 Å². The molecule has 78 heavy (non-hydrogen) atoms. The fourth-order valence-electron chi connectivity index (χ4n) is 13.1.